The Morgan fingerprint density at radius 2 is 1.97 bits per heavy atom. The summed E-state index contributed by atoms with van der Waals surface area (Å²) in [5.74, 6) is 5.70. The monoisotopic (exact) mass is 564 g/mol. The van der Waals surface area contributed by atoms with Gasteiger partial charge in [-0.2, -0.15) is 13.2 Å². The Balaban J connectivity index is 1.62. The lowest BCUT2D eigenvalue weighted by molar-refractivity contribution is -0.139. The molecular weight excluding hydrogens is 537 g/mol. The van der Waals surface area contributed by atoms with Gasteiger partial charge in [-0.25, -0.2) is 13.4 Å². The van der Waals surface area contributed by atoms with Gasteiger partial charge in [0.1, 0.15) is 17.8 Å². The summed E-state index contributed by atoms with van der Waals surface area (Å²) in [5.41, 5.74) is 1.13. The topological polar surface area (TPSA) is 112 Å². The lowest BCUT2D eigenvalue weighted by Crippen LogP contribution is -2.39. The SMILES string of the molecule is COc1ccc(S(C)(=O)=O)cc1NCC#Cc1cc(C(=O)NC2CCOCC2)c2ncn(CC(F)(F)F)c2c1. The van der Waals surface area contributed by atoms with Crippen LogP contribution in [0.4, 0.5) is 18.9 Å². The van der Waals surface area contributed by atoms with Crippen molar-refractivity contribution in [2.75, 3.05) is 38.4 Å². The van der Waals surface area contributed by atoms with Crippen molar-refractivity contribution >= 4 is 32.5 Å². The standard InChI is InChI=1S/C26H27F3N4O5S/c1-37-23-6-5-19(39(2,35)36)14-21(23)30-9-3-4-17-12-20(25(34)32-18-7-10-38-11-8-18)24-22(13-17)33(16-31-24)15-26(27,28)29/h5-6,12-14,16,18,30H,7-11,15H2,1-2H3,(H,32,34). The van der Waals surface area contributed by atoms with Gasteiger partial charge in [-0.3, -0.25) is 4.79 Å². The Morgan fingerprint density at radius 3 is 2.64 bits per heavy atom. The number of anilines is 1. The molecule has 1 aliphatic heterocycles. The van der Waals surface area contributed by atoms with Gasteiger partial charge in [0.25, 0.3) is 5.91 Å². The molecule has 0 bridgehead atoms. The molecule has 0 aliphatic carbocycles. The number of halogens is 3. The van der Waals surface area contributed by atoms with Crippen molar-refractivity contribution in [3.63, 3.8) is 0 Å². The highest BCUT2D eigenvalue weighted by atomic mass is 32.2. The Labute approximate surface area is 223 Å². The van der Waals surface area contributed by atoms with Crippen molar-refractivity contribution in [1.82, 2.24) is 14.9 Å². The molecule has 2 heterocycles. The number of hydrogen-bond donors (Lipinski definition) is 2. The molecular formula is C26H27F3N4O5S. The summed E-state index contributed by atoms with van der Waals surface area (Å²) in [4.78, 5) is 17.3. The number of carbonyl (C=O) groups excluding carboxylic acids is 1. The molecule has 4 rings (SSSR count). The van der Waals surface area contributed by atoms with Crippen LogP contribution in [0, 0.1) is 11.8 Å². The van der Waals surface area contributed by atoms with Crippen molar-refractivity contribution in [2.24, 2.45) is 0 Å². The molecule has 1 fully saturated rings. The summed E-state index contributed by atoms with van der Waals surface area (Å²) in [6.45, 7) is -0.180. The van der Waals surface area contributed by atoms with E-state index in [1.54, 1.807) is 0 Å². The lowest BCUT2D eigenvalue weighted by Gasteiger charge is -2.23. The minimum Gasteiger partial charge on any atom is -0.495 e. The van der Waals surface area contributed by atoms with E-state index in [2.05, 4.69) is 27.5 Å². The number of fused-ring (bicyclic) bond motifs is 1. The van der Waals surface area contributed by atoms with Crippen LogP contribution in [0.25, 0.3) is 11.0 Å². The van der Waals surface area contributed by atoms with Crippen molar-refractivity contribution in [3.8, 4) is 17.6 Å². The average molecular weight is 565 g/mol. The number of hydrogen-bond acceptors (Lipinski definition) is 7. The molecule has 13 heteroatoms. The number of benzene rings is 2. The van der Waals surface area contributed by atoms with Crippen molar-refractivity contribution in [3.05, 3.63) is 47.8 Å². The summed E-state index contributed by atoms with van der Waals surface area (Å²) in [6, 6.07) is 7.21. The summed E-state index contributed by atoms with van der Waals surface area (Å²) in [5, 5.41) is 5.91. The molecule has 0 unspecified atom stereocenters. The number of nitrogens with one attached hydrogen (secondary N) is 2. The number of nitrogens with zero attached hydrogens (tertiary/aromatic N) is 2. The summed E-state index contributed by atoms with van der Waals surface area (Å²) in [6.07, 6.45) is -1.07. The molecule has 1 saturated heterocycles. The van der Waals surface area contributed by atoms with Crippen LogP contribution in [0.2, 0.25) is 0 Å². The van der Waals surface area contributed by atoms with E-state index in [1.807, 2.05) is 0 Å². The van der Waals surface area contributed by atoms with Gasteiger partial charge >= 0.3 is 6.18 Å². The van der Waals surface area contributed by atoms with Gasteiger partial charge in [-0.15, -0.1) is 0 Å². The molecule has 1 aliphatic rings. The lowest BCUT2D eigenvalue weighted by atomic mass is 10.1. The zero-order valence-electron chi connectivity index (χ0n) is 21.3. The van der Waals surface area contributed by atoms with Gasteiger partial charge in [-0.05, 0) is 43.2 Å². The second kappa shape index (κ2) is 11.5. The number of aromatic nitrogens is 2. The quantitative estimate of drug-likeness (QED) is 0.423. The number of imidazole rings is 1. The smallest absolute Gasteiger partial charge is 0.406 e. The zero-order chi connectivity index (χ0) is 28.2. The molecule has 0 spiro atoms. The number of methoxy groups -OCH3 is 1. The van der Waals surface area contributed by atoms with Gasteiger partial charge in [-0.1, -0.05) is 11.8 Å². The van der Waals surface area contributed by atoms with Gasteiger partial charge in [0.15, 0.2) is 9.84 Å². The molecule has 0 radical (unpaired) electrons. The van der Waals surface area contributed by atoms with Crippen LogP contribution < -0.4 is 15.4 Å². The Kier molecular flexibility index (Phi) is 8.36. The second-order valence-corrected chi connectivity index (χ2v) is 11.0. The molecule has 0 saturated carbocycles. The van der Waals surface area contributed by atoms with Gasteiger partial charge in [0.2, 0.25) is 0 Å². The Hall–Kier alpha value is -3.76. The first-order valence-corrected chi connectivity index (χ1v) is 13.9. The van der Waals surface area contributed by atoms with Crippen LogP contribution >= 0.6 is 0 Å². The maximum Gasteiger partial charge on any atom is 0.406 e. The number of amides is 1. The molecule has 0 atom stereocenters. The highest BCUT2D eigenvalue weighted by Crippen LogP contribution is 2.28. The van der Waals surface area contributed by atoms with E-state index in [1.165, 1.54) is 37.4 Å². The molecule has 208 valence electrons. The normalized spacial score (nSPS) is 14.5. The molecule has 3 aromatic rings. The first-order chi connectivity index (χ1) is 18.4. The summed E-state index contributed by atoms with van der Waals surface area (Å²) >= 11 is 0. The average Bonchev–Trinajstić information content (AvgIpc) is 3.27. The van der Waals surface area contributed by atoms with Crippen LogP contribution in [0.15, 0.2) is 41.6 Å². The third-order valence-electron chi connectivity index (χ3n) is 6.08. The number of carbonyl (C=O) groups is 1. The fraction of sp³-hybridized carbons (Fsp3) is 0.385. The van der Waals surface area contributed by atoms with E-state index in [0.29, 0.717) is 43.1 Å². The van der Waals surface area contributed by atoms with Crippen molar-refractivity contribution in [1.29, 1.82) is 0 Å². The molecule has 2 aromatic carbocycles. The Morgan fingerprint density at radius 1 is 1.23 bits per heavy atom. The van der Waals surface area contributed by atoms with E-state index in [4.69, 9.17) is 9.47 Å². The fourth-order valence-electron chi connectivity index (χ4n) is 4.17. The third kappa shape index (κ3) is 7.21. The van der Waals surface area contributed by atoms with Gasteiger partial charge in [0.05, 0.1) is 41.6 Å². The third-order valence-corrected chi connectivity index (χ3v) is 7.19. The highest BCUT2D eigenvalue weighted by Gasteiger charge is 2.29. The maximum absolute atomic E-state index is 13.2. The van der Waals surface area contributed by atoms with Gasteiger partial charge in [0, 0.05) is 31.1 Å². The largest absolute Gasteiger partial charge is 0.495 e. The van der Waals surface area contributed by atoms with E-state index >= 15 is 0 Å². The molecule has 39 heavy (non-hydrogen) atoms. The first-order valence-electron chi connectivity index (χ1n) is 12.0. The van der Waals surface area contributed by atoms with Crippen LogP contribution in [0.3, 0.4) is 0 Å². The van der Waals surface area contributed by atoms with Crippen molar-refractivity contribution in [2.45, 2.75) is 36.5 Å². The first kappa shape index (κ1) is 28.3. The van der Waals surface area contributed by atoms with Crippen LogP contribution in [-0.4, -0.2) is 69.2 Å². The van der Waals surface area contributed by atoms with E-state index in [-0.39, 0.29) is 34.1 Å². The zero-order valence-corrected chi connectivity index (χ0v) is 22.1. The van der Waals surface area contributed by atoms with E-state index < -0.39 is 28.5 Å². The predicted octanol–water partition coefficient (Wildman–Crippen LogP) is 3.38. The minimum atomic E-state index is -4.48. The van der Waals surface area contributed by atoms with E-state index in [9.17, 15) is 26.4 Å². The van der Waals surface area contributed by atoms with E-state index in [0.717, 1.165) is 17.2 Å². The maximum atomic E-state index is 13.2. The van der Waals surface area contributed by atoms with Crippen molar-refractivity contribution < 1.29 is 35.9 Å². The fourth-order valence-corrected chi connectivity index (χ4v) is 4.82. The predicted molar refractivity (Wildman–Crippen MR) is 139 cm³/mol. The minimum absolute atomic E-state index is 0.0625. The number of alkyl halides is 3. The van der Waals surface area contributed by atoms with Gasteiger partial charge < -0.3 is 24.7 Å². The number of rotatable bonds is 7. The Bertz CT molecular complexity index is 1530. The molecule has 1 aromatic heterocycles. The number of sulfone groups is 1. The second-order valence-electron chi connectivity index (χ2n) is 9.03. The molecule has 9 nitrogen and oxygen atoms in total. The summed E-state index contributed by atoms with van der Waals surface area (Å²) in [7, 11) is -2.00. The van der Waals surface area contributed by atoms with Crippen LogP contribution in [0.1, 0.15) is 28.8 Å². The molecule has 1 amide bonds. The summed E-state index contributed by atoms with van der Waals surface area (Å²) < 4.78 is 74.8. The van der Waals surface area contributed by atoms with Crippen LogP contribution in [0.5, 0.6) is 5.75 Å². The highest BCUT2D eigenvalue weighted by molar-refractivity contribution is 7.90. The van der Waals surface area contributed by atoms with Crippen LogP contribution in [-0.2, 0) is 21.1 Å². The number of ether oxygens (including phenoxy) is 2. The molecule has 2 N–H and O–H groups in total.